The maximum atomic E-state index is 2.44. The van der Waals surface area contributed by atoms with Crippen molar-refractivity contribution in [2.75, 3.05) is 0 Å². The first-order valence-electron chi connectivity index (χ1n) is 19.3. The summed E-state index contributed by atoms with van der Waals surface area (Å²) in [5.41, 5.74) is 15.4. The van der Waals surface area contributed by atoms with Crippen LogP contribution in [0.5, 0.6) is 0 Å². The standard InChI is InChI=1S/C55H38/c1-55(2)50-24-14-13-21-43(50)49-33-40-26-25-38(31-41(40)34-51(49)55)39-28-29-46(48(32-39)35-15-5-3-6-16-35)53-45-23-12-11-22-44(45)52(37-18-7-4-8-19-37)54-42-20-10-9-17-36(42)27-30-47(53)54/h3-34H,1-2H3. The van der Waals surface area contributed by atoms with Gasteiger partial charge in [0, 0.05) is 5.41 Å². The van der Waals surface area contributed by atoms with Gasteiger partial charge in [0.1, 0.15) is 0 Å². The number of hydrogen-bond acceptors (Lipinski definition) is 0. The summed E-state index contributed by atoms with van der Waals surface area (Å²) in [5, 5.41) is 10.2. The van der Waals surface area contributed by atoms with Crippen LogP contribution >= 0.6 is 0 Å². The molecule has 0 aliphatic heterocycles. The molecule has 0 saturated carbocycles. The van der Waals surface area contributed by atoms with E-state index in [1.54, 1.807) is 0 Å². The molecule has 0 heterocycles. The Hall–Kier alpha value is -6.76. The van der Waals surface area contributed by atoms with E-state index < -0.39 is 0 Å². The SMILES string of the molecule is CC1(C)c2ccccc2-c2cc3ccc(-c4ccc(-c5c6ccccc6c(-c6ccccc6)c6c5ccc5ccccc56)c(-c5ccccc5)c4)cc3cc21. The highest BCUT2D eigenvalue weighted by Crippen LogP contribution is 2.51. The van der Waals surface area contributed by atoms with Crippen molar-refractivity contribution in [3.8, 4) is 55.6 Å². The quantitative estimate of drug-likeness (QED) is 0.127. The fraction of sp³-hybridized carbons (Fsp3) is 0.0545. The minimum Gasteiger partial charge on any atom is -0.0622 e. The summed E-state index contributed by atoms with van der Waals surface area (Å²) in [5.74, 6) is 0. The van der Waals surface area contributed by atoms with Crippen LogP contribution in [0.15, 0.2) is 194 Å². The maximum Gasteiger partial charge on any atom is 0.0159 e. The third-order valence-electron chi connectivity index (χ3n) is 12.2. The summed E-state index contributed by atoms with van der Waals surface area (Å²) >= 11 is 0. The van der Waals surface area contributed by atoms with E-state index in [0.717, 1.165) is 0 Å². The molecule has 0 fully saturated rings. The Morgan fingerprint density at radius 1 is 0.291 bits per heavy atom. The van der Waals surface area contributed by atoms with Crippen LogP contribution in [-0.2, 0) is 5.41 Å². The van der Waals surface area contributed by atoms with E-state index in [4.69, 9.17) is 0 Å². The van der Waals surface area contributed by atoms with E-state index in [-0.39, 0.29) is 5.41 Å². The third-order valence-corrected chi connectivity index (χ3v) is 12.2. The summed E-state index contributed by atoms with van der Waals surface area (Å²) in [6.45, 7) is 4.72. The summed E-state index contributed by atoms with van der Waals surface area (Å²) in [6.07, 6.45) is 0. The Labute approximate surface area is 322 Å². The highest BCUT2D eigenvalue weighted by Gasteiger charge is 2.35. The topological polar surface area (TPSA) is 0 Å². The molecule has 1 aliphatic rings. The van der Waals surface area contributed by atoms with Gasteiger partial charge in [-0.2, -0.15) is 0 Å². The van der Waals surface area contributed by atoms with Crippen molar-refractivity contribution in [1.82, 2.24) is 0 Å². The second-order valence-electron chi connectivity index (χ2n) is 15.6. The Bertz CT molecular complexity index is 3150. The Balaban J connectivity index is 1.17. The molecule has 0 unspecified atom stereocenters. The molecule has 11 rings (SSSR count). The van der Waals surface area contributed by atoms with Gasteiger partial charge in [-0.05, 0) is 134 Å². The Kier molecular flexibility index (Phi) is 7.00. The van der Waals surface area contributed by atoms with Crippen molar-refractivity contribution >= 4 is 43.1 Å². The van der Waals surface area contributed by atoms with E-state index in [0.29, 0.717) is 0 Å². The predicted molar refractivity (Wildman–Crippen MR) is 236 cm³/mol. The predicted octanol–water partition coefficient (Wildman–Crippen LogP) is 15.3. The molecule has 0 spiro atoms. The lowest BCUT2D eigenvalue weighted by Crippen LogP contribution is -2.14. The molecule has 0 heteroatoms. The van der Waals surface area contributed by atoms with Crippen LogP contribution in [0.3, 0.4) is 0 Å². The molecule has 0 aromatic heterocycles. The van der Waals surface area contributed by atoms with Gasteiger partial charge in [0.15, 0.2) is 0 Å². The van der Waals surface area contributed by atoms with Crippen molar-refractivity contribution < 1.29 is 0 Å². The summed E-state index contributed by atoms with van der Waals surface area (Å²) in [6, 6.07) is 72.2. The van der Waals surface area contributed by atoms with Gasteiger partial charge in [-0.15, -0.1) is 0 Å². The zero-order chi connectivity index (χ0) is 36.7. The van der Waals surface area contributed by atoms with Gasteiger partial charge in [0.2, 0.25) is 0 Å². The zero-order valence-corrected chi connectivity index (χ0v) is 31.0. The Morgan fingerprint density at radius 2 is 0.909 bits per heavy atom. The van der Waals surface area contributed by atoms with Crippen LogP contribution in [0, 0.1) is 0 Å². The minimum absolute atomic E-state index is 0.0365. The van der Waals surface area contributed by atoms with Gasteiger partial charge >= 0.3 is 0 Å². The van der Waals surface area contributed by atoms with Crippen LogP contribution < -0.4 is 0 Å². The zero-order valence-electron chi connectivity index (χ0n) is 31.0. The van der Waals surface area contributed by atoms with Gasteiger partial charge in [0.25, 0.3) is 0 Å². The van der Waals surface area contributed by atoms with Crippen molar-refractivity contribution in [2.24, 2.45) is 0 Å². The molecule has 1 aliphatic carbocycles. The second kappa shape index (κ2) is 12.1. The molecule has 0 N–H and O–H groups in total. The molecular weight excluding hydrogens is 661 g/mol. The average Bonchev–Trinajstić information content (AvgIpc) is 3.47. The van der Waals surface area contributed by atoms with Crippen molar-refractivity contribution in [2.45, 2.75) is 19.3 Å². The van der Waals surface area contributed by atoms with Crippen LogP contribution in [0.2, 0.25) is 0 Å². The molecular formula is C55H38. The molecule has 0 atom stereocenters. The third kappa shape index (κ3) is 4.85. The monoisotopic (exact) mass is 698 g/mol. The van der Waals surface area contributed by atoms with E-state index in [9.17, 15) is 0 Å². The van der Waals surface area contributed by atoms with Crippen molar-refractivity contribution in [3.63, 3.8) is 0 Å². The lowest BCUT2D eigenvalue weighted by Gasteiger charge is -2.22. The smallest absolute Gasteiger partial charge is 0.0159 e. The highest BCUT2D eigenvalue weighted by atomic mass is 14.4. The van der Waals surface area contributed by atoms with E-state index in [1.165, 1.54) is 110 Å². The molecule has 10 aromatic rings. The first-order chi connectivity index (χ1) is 27.0. The van der Waals surface area contributed by atoms with E-state index in [2.05, 4.69) is 208 Å². The number of hydrogen-bond donors (Lipinski definition) is 0. The van der Waals surface area contributed by atoms with Crippen molar-refractivity contribution in [1.29, 1.82) is 0 Å². The summed E-state index contributed by atoms with van der Waals surface area (Å²) in [7, 11) is 0. The normalized spacial score (nSPS) is 13.1. The Morgan fingerprint density at radius 3 is 1.71 bits per heavy atom. The molecule has 10 aromatic carbocycles. The number of fused-ring (bicyclic) bond motifs is 8. The van der Waals surface area contributed by atoms with Crippen LogP contribution in [0.1, 0.15) is 25.0 Å². The molecule has 55 heavy (non-hydrogen) atoms. The maximum absolute atomic E-state index is 2.44. The largest absolute Gasteiger partial charge is 0.0622 e. The lowest BCUT2D eigenvalue weighted by atomic mass is 9.81. The summed E-state index contributed by atoms with van der Waals surface area (Å²) < 4.78 is 0. The van der Waals surface area contributed by atoms with Crippen molar-refractivity contribution in [3.05, 3.63) is 205 Å². The average molecular weight is 699 g/mol. The summed E-state index contributed by atoms with van der Waals surface area (Å²) in [4.78, 5) is 0. The van der Waals surface area contributed by atoms with Gasteiger partial charge in [-0.1, -0.05) is 184 Å². The second-order valence-corrected chi connectivity index (χ2v) is 15.6. The fourth-order valence-corrected chi connectivity index (χ4v) is 9.57. The van der Waals surface area contributed by atoms with Gasteiger partial charge in [-0.3, -0.25) is 0 Å². The molecule has 258 valence electrons. The lowest BCUT2D eigenvalue weighted by molar-refractivity contribution is 0.661. The molecule has 0 saturated heterocycles. The molecule has 0 bridgehead atoms. The molecule has 0 radical (unpaired) electrons. The van der Waals surface area contributed by atoms with E-state index >= 15 is 0 Å². The van der Waals surface area contributed by atoms with Crippen LogP contribution in [-0.4, -0.2) is 0 Å². The first kappa shape index (κ1) is 31.7. The number of rotatable bonds is 4. The number of benzene rings is 10. The van der Waals surface area contributed by atoms with Crippen LogP contribution in [0.25, 0.3) is 98.7 Å². The van der Waals surface area contributed by atoms with Gasteiger partial charge in [0.05, 0.1) is 0 Å². The minimum atomic E-state index is -0.0365. The highest BCUT2D eigenvalue weighted by molar-refractivity contribution is 6.28. The van der Waals surface area contributed by atoms with E-state index in [1.807, 2.05) is 0 Å². The van der Waals surface area contributed by atoms with Gasteiger partial charge in [-0.25, -0.2) is 0 Å². The van der Waals surface area contributed by atoms with Crippen LogP contribution in [0.4, 0.5) is 0 Å². The fourth-order valence-electron chi connectivity index (χ4n) is 9.57. The molecule has 0 amide bonds. The molecule has 0 nitrogen and oxygen atoms in total. The first-order valence-corrected chi connectivity index (χ1v) is 19.3. The van der Waals surface area contributed by atoms with Gasteiger partial charge < -0.3 is 0 Å².